The first kappa shape index (κ1) is 10.4. The molecule has 1 heterocycles. The summed E-state index contributed by atoms with van der Waals surface area (Å²) in [6.45, 7) is 0.768. The van der Waals surface area contributed by atoms with Gasteiger partial charge in [-0.05, 0) is 29.8 Å². The molecule has 0 atom stereocenters. The number of nitrogens with two attached hydrogens (primary N) is 1. The predicted octanol–water partition coefficient (Wildman–Crippen LogP) is 1.70. The van der Waals surface area contributed by atoms with E-state index in [1.807, 2.05) is 48.3 Å². The van der Waals surface area contributed by atoms with E-state index in [4.69, 9.17) is 5.73 Å². The number of hydrogen-bond acceptors (Lipinski definition) is 4. The van der Waals surface area contributed by atoms with Crippen molar-refractivity contribution in [3.8, 4) is 0 Å². The van der Waals surface area contributed by atoms with Crippen LogP contribution in [0.5, 0.6) is 0 Å². The van der Waals surface area contributed by atoms with Gasteiger partial charge >= 0.3 is 0 Å². The molecule has 0 radical (unpaired) electrons. The first-order valence-corrected chi connectivity index (χ1v) is 5.09. The second-order valence-electron chi connectivity index (χ2n) is 3.68. The van der Waals surface area contributed by atoms with Crippen LogP contribution in [0.4, 0.5) is 11.5 Å². The Morgan fingerprint density at radius 1 is 1.25 bits per heavy atom. The average molecular weight is 214 g/mol. The second kappa shape index (κ2) is 4.61. The van der Waals surface area contributed by atoms with Crippen LogP contribution in [-0.4, -0.2) is 17.2 Å². The highest BCUT2D eigenvalue weighted by atomic mass is 15.2. The predicted molar refractivity (Wildman–Crippen MR) is 65.0 cm³/mol. The maximum absolute atomic E-state index is 5.73. The summed E-state index contributed by atoms with van der Waals surface area (Å²) in [4.78, 5) is 2.03. The van der Waals surface area contributed by atoms with Crippen molar-refractivity contribution in [2.75, 3.05) is 17.7 Å². The highest BCUT2D eigenvalue weighted by Gasteiger charge is 2.03. The molecule has 0 aliphatic carbocycles. The molecule has 0 saturated heterocycles. The Labute approximate surface area is 94.7 Å². The summed E-state index contributed by atoms with van der Waals surface area (Å²) in [5, 5.41) is 7.89. The van der Waals surface area contributed by atoms with Gasteiger partial charge in [0.1, 0.15) is 0 Å². The van der Waals surface area contributed by atoms with Crippen molar-refractivity contribution in [2.45, 2.75) is 6.54 Å². The third-order valence-corrected chi connectivity index (χ3v) is 2.32. The van der Waals surface area contributed by atoms with E-state index in [1.54, 1.807) is 6.20 Å². The van der Waals surface area contributed by atoms with Crippen LogP contribution in [0.1, 0.15) is 5.56 Å². The summed E-state index contributed by atoms with van der Waals surface area (Å²) in [6, 6.07) is 11.6. The third kappa shape index (κ3) is 2.48. The van der Waals surface area contributed by atoms with Crippen molar-refractivity contribution in [3.05, 3.63) is 48.2 Å². The van der Waals surface area contributed by atoms with E-state index in [1.165, 1.54) is 0 Å². The monoisotopic (exact) mass is 214 g/mol. The zero-order valence-corrected chi connectivity index (χ0v) is 9.17. The molecule has 4 heteroatoms. The Hall–Kier alpha value is -2.10. The van der Waals surface area contributed by atoms with Crippen LogP contribution in [0, 0.1) is 0 Å². The molecule has 2 aromatic rings. The summed E-state index contributed by atoms with van der Waals surface area (Å²) < 4.78 is 0. The average Bonchev–Trinajstić information content (AvgIpc) is 2.30. The Kier molecular flexibility index (Phi) is 3.00. The quantitative estimate of drug-likeness (QED) is 0.790. The van der Waals surface area contributed by atoms with Crippen LogP contribution in [0.3, 0.4) is 0 Å². The summed E-state index contributed by atoms with van der Waals surface area (Å²) in [7, 11) is 1.98. The van der Waals surface area contributed by atoms with Crippen molar-refractivity contribution in [2.24, 2.45) is 0 Å². The molecule has 1 aromatic heterocycles. The van der Waals surface area contributed by atoms with E-state index in [9.17, 15) is 0 Å². The molecule has 2 rings (SSSR count). The minimum Gasteiger partial charge on any atom is -0.399 e. The Morgan fingerprint density at radius 3 is 2.81 bits per heavy atom. The van der Waals surface area contributed by atoms with Crippen molar-refractivity contribution >= 4 is 11.5 Å². The van der Waals surface area contributed by atoms with Crippen LogP contribution in [0.25, 0.3) is 0 Å². The van der Waals surface area contributed by atoms with Gasteiger partial charge in [0.25, 0.3) is 0 Å². The first-order valence-electron chi connectivity index (χ1n) is 5.09. The molecule has 4 nitrogen and oxygen atoms in total. The van der Waals surface area contributed by atoms with E-state index in [0.29, 0.717) is 0 Å². The maximum Gasteiger partial charge on any atom is 0.151 e. The molecular formula is C12H14N4. The largest absolute Gasteiger partial charge is 0.399 e. The van der Waals surface area contributed by atoms with Gasteiger partial charge in [-0.2, -0.15) is 5.10 Å². The summed E-state index contributed by atoms with van der Waals surface area (Å²) in [5.74, 6) is 0.852. The van der Waals surface area contributed by atoms with Crippen molar-refractivity contribution in [3.63, 3.8) is 0 Å². The molecule has 0 amide bonds. The third-order valence-electron chi connectivity index (χ3n) is 2.32. The lowest BCUT2D eigenvalue weighted by atomic mass is 10.2. The lowest BCUT2D eigenvalue weighted by molar-refractivity contribution is 0.866. The number of benzene rings is 1. The second-order valence-corrected chi connectivity index (χ2v) is 3.68. The number of nitrogens with zero attached hydrogens (tertiary/aromatic N) is 3. The molecule has 1 aromatic carbocycles. The number of nitrogen functional groups attached to an aromatic ring is 1. The highest BCUT2D eigenvalue weighted by molar-refractivity contribution is 5.43. The van der Waals surface area contributed by atoms with Crippen LogP contribution in [0.2, 0.25) is 0 Å². The van der Waals surface area contributed by atoms with Gasteiger partial charge in [0, 0.05) is 25.5 Å². The van der Waals surface area contributed by atoms with E-state index in [0.717, 1.165) is 23.6 Å². The van der Waals surface area contributed by atoms with Gasteiger partial charge in [-0.3, -0.25) is 0 Å². The molecule has 0 fully saturated rings. The number of aromatic nitrogens is 2. The zero-order valence-electron chi connectivity index (χ0n) is 9.17. The molecule has 0 aliphatic heterocycles. The minimum atomic E-state index is 0.768. The molecule has 16 heavy (non-hydrogen) atoms. The van der Waals surface area contributed by atoms with Gasteiger partial charge in [-0.25, -0.2) is 0 Å². The molecule has 0 spiro atoms. The van der Waals surface area contributed by atoms with Crippen LogP contribution >= 0.6 is 0 Å². The van der Waals surface area contributed by atoms with E-state index >= 15 is 0 Å². The highest BCUT2D eigenvalue weighted by Crippen LogP contribution is 2.12. The van der Waals surface area contributed by atoms with Gasteiger partial charge in [-0.1, -0.05) is 12.1 Å². The normalized spacial score (nSPS) is 10.1. The fourth-order valence-electron chi connectivity index (χ4n) is 1.54. The fraction of sp³-hybridized carbons (Fsp3) is 0.167. The number of rotatable bonds is 3. The molecule has 82 valence electrons. The van der Waals surface area contributed by atoms with Gasteiger partial charge in [0.05, 0.1) is 0 Å². The van der Waals surface area contributed by atoms with Gasteiger partial charge in [0.2, 0.25) is 0 Å². The minimum absolute atomic E-state index is 0.768. The summed E-state index contributed by atoms with van der Waals surface area (Å²) in [6.07, 6.45) is 1.66. The van der Waals surface area contributed by atoms with Gasteiger partial charge in [-0.15, -0.1) is 5.10 Å². The number of hydrogen-bond donors (Lipinski definition) is 1. The van der Waals surface area contributed by atoms with E-state index < -0.39 is 0 Å². The standard InChI is InChI=1S/C12H14N4/c1-16(12-6-3-7-14-15-12)9-10-4-2-5-11(13)8-10/h2-8H,9,13H2,1H3. The molecule has 0 saturated carbocycles. The lowest BCUT2D eigenvalue weighted by Crippen LogP contribution is -2.17. The molecule has 0 aliphatic rings. The van der Waals surface area contributed by atoms with Crippen LogP contribution in [0.15, 0.2) is 42.6 Å². The van der Waals surface area contributed by atoms with Gasteiger partial charge in [0.15, 0.2) is 5.82 Å². The first-order chi connectivity index (χ1) is 7.75. The topological polar surface area (TPSA) is 55.0 Å². The smallest absolute Gasteiger partial charge is 0.151 e. The molecule has 0 unspecified atom stereocenters. The van der Waals surface area contributed by atoms with E-state index in [2.05, 4.69) is 10.2 Å². The Balaban J connectivity index is 2.11. The molecular weight excluding hydrogens is 200 g/mol. The molecule has 0 bridgehead atoms. The summed E-state index contributed by atoms with van der Waals surface area (Å²) in [5.41, 5.74) is 7.67. The Bertz CT molecular complexity index is 456. The van der Waals surface area contributed by atoms with Crippen molar-refractivity contribution in [1.82, 2.24) is 10.2 Å². The van der Waals surface area contributed by atoms with Crippen LogP contribution < -0.4 is 10.6 Å². The maximum atomic E-state index is 5.73. The van der Waals surface area contributed by atoms with Gasteiger partial charge < -0.3 is 10.6 Å². The SMILES string of the molecule is CN(Cc1cccc(N)c1)c1cccnn1. The zero-order chi connectivity index (χ0) is 11.4. The lowest BCUT2D eigenvalue weighted by Gasteiger charge is -2.17. The van der Waals surface area contributed by atoms with Crippen LogP contribution in [-0.2, 0) is 6.54 Å². The summed E-state index contributed by atoms with van der Waals surface area (Å²) >= 11 is 0. The van der Waals surface area contributed by atoms with Crippen molar-refractivity contribution in [1.29, 1.82) is 0 Å². The number of anilines is 2. The van der Waals surface area contributed by atoms with E-state index in [-0.39, 0.29) is 0 Å². The Morgan fingerprint density at radius 2 is 2.12 bits per heavy atom. The fourth-order valence-corrected chi connectivity index (χ4v) is 1.54. The molecule has 2 N–H and O–H groups in total. The van der Waals surface area contributed by atoms with Crippen molar-refractivity contribution < 1.29 is 0 Å².